The van der Waals surface area contributed by atoms with Crippen molar-refractivity contribution < 1.29 is 9.15 Å². The van der Waals surface area contributed by atoms with Crippen LogP contribution in [0.5, 0.6) is 5.75 Å². The van der Waals surface area contributed by atoms with Crippen molar-refractivity contribution in [2.45, 2.75) is 26.9 Å². The lowest BCUT2D eigenvalue weighted by atomic mass is 10.1. The molecule has 28 heavy (non-hydrogen) atoms. The summed E-state index contributed by atoms with van der Waals surface area (Å²) in [5, 5.41) is 2.95. The molecular weight excluding hydrogens is 372 g/mol. The average Bonchev–Trinajstić information content (AvgIpc) is 3.12. The van der Waals surface area contributed by atoms with Gasteiger partial charge in [0.15, 0.2) is 0 Å². The summed E-state index contributed by atoms with van der Waals surface area (Å²) in [5.74, 6) is 0.768. The van der Waals surface area contributed by atoms with Crippen LogP contribution < -0.4 is 15.9 Å². The first-order chi connectivity index (χ1) is 13.6. The maximum atomic E-state index is 13.1. The molecule has 0 aliphatic carbocycles. The summed E-state index contributed by atoms with van der Waals surface area (Å²) in [6.07, 6.45) is 0.732. The fraction of sp³-hybridized carbons (Fsp3) is 0.182. The van der Waals surface area contributed by atoms with Crippen molar-refractivity contribution in [3.8, 4) is 16.3 Å². The molecule has 2 heterocycles. The number of ether oxygens (including phenoxy) is 1. The average molecular weight is 392 g/mol. The first-order valence-corrected chi connectivity index (χ1v) is 9.93. The predicted octanol–water partition coefficient (Wildman–Crippen LogP) is 4.95. The van der Waals surface area contributed by atoms with E-state index in [4.69, 9.17) is 14.9 Å². The highest BCUT2D eigenvalue weighted by Gasteiger charge is 2.19. The number of nitrogen functional groups attached to an aromatic ring is 1. The zero-order valence-electron chi connectivity index (χ0n) is 15.7. The van der Waals surface area contributed by atoms with Gasteiger partial charge < -0.3 is 14.9 Å². The Labute approximate surface area is 166 Å². The van der Waals surface area contributed by atoms with Crippen molar-refractivity contribution in [2.24, 2.45) is 0 Å². The maximum Gasteiger partial charge on any atom is 0.205 e. The standard InChI is InChI=1S/C22H20N2O3S/c1-3-15-9-16-18(10-17(15)26-11-14-7-5-4-6-8-14)27-21(23)19(20(16)25)22-24-13(2)12-28-22/h4-10,12H,3,11,23H2,1-2H3. The van der Waals surface area contributed by atoms with Crippen molar-refractivity contribution in [3.63, 3.8) is 0 Å². The van der Waals surface area contributed by atoms with E-state index >= 15 is 0 Å². The van der Waals surface area contributed by atoms with Crippen LogP contribution >= 0.6 is 11.3 Å². The lowest BCUT2D eigenvalue weighted by Crippen LogP contribution is -2.10. The molecule has 0 fully saturated rings. The molecule has 142 valence electrons. The van der Waals surface area contributed by atoms with E-state index in [0.29, 0.717) is 33.9 Å². The molecule has 0 atom stereocenters. The Bertz CT molecular complexity index is 1200. The van der Waals surface area contributed by atoms with Crippen LogP contribution in [0, 0.1) is 6.92 Å². The second-order valence-corrected chi connectivity index (χ2v) is 7.41. The van der Waals surface area contributed by atoms with Crippen molar-refractivity contribution >= 4 is 28.2 Å². The largest absolute Gasteiger partial charge is 0.488 e. The van der Waals surface area contributed by atoms with Gasteiger partial charge in [-0.3, -0.25) is 4.79 Å². The zero-order valence-corrected chi connectivity index (χ0v) is 16.5. The van der Waals surface area contributed by atoms with Crippen molar-refractivity contribution in [1.29, 1.82) is 0 Å². The lowest BCUT2D eigenvalue weighted by molar-refractivity contribution is 0.303. The van der Waals surface area contributed by atoms with Gasteiger partial charge in [-0.1, -0.05) is 37.3 Å². The van der Waals surface area contributed by atoms with Crippen LogP contribution in [0.4, 0.5) is 5.88 Å². The van der Waals surface area contributed by atoms with Crippen LogP contribution in [-0.4, -0.2) is 4.98 Å². The Morgan fingerprint density at radius 2 is 2.00 bits per heavy atom. The minimum atomic E-state index is -0.169. The molecule has 0 radical (unpaired) electrons. The fourth-order valence-corrected chi connectivity index (χ4v) is 3.94. The molecule has 2 aromatic heterocycles. The quantitative estimate of drug-likeness (QED) is 0.520. The third-order valence-corrected chi connectivity index (χ3v) is 5.53. The highest BCUT2D eigenvalue weighted by atomic mass is 32.1. The van der Waals surface area contributed by atoms with Crippen molar-refractivity contribution in [2.75, 3.05) is 5.73 Å². The second kappa shape index (κ2) is 7.48. The molecule has 0 spiro atoms. The van der Waals surface area contributed by atoms with E-state index in [9.17, 15) is 4.79 Å². The number of aryl methyl sites for hydroxylation is 2. The normalized spacial score (nSPS) is 11.1. The first kappa shape index (κ1) is 18.3. The Morgan fingerprint density at radius 1 is 1.21 bits per heavy atom. The van der Waals surface area contributed by atoms with E-state index in [1.807, 2.05) is 55.6 Å². The number of anilines is 1. The summed E-state index contributed by atoms with van der Waals surface area (Å²) >= 11 is 1.38. The summed E-state index contributed by atoms with van der Waals surface area (Å²) in [5.41, 5.74) is 9.51. The van der Waals surface area contributed by atoms with Gasteiger partial charge in [-0.15, -0.1) is 11.3 Å². The minimum Gasteiger partial charge on any atom is -0.488 e. The summed E-state index contributed by atoms with van der Waals surface area (Å²) in [7, 11) is 0. The maximum absolute atomic E-state index is 13.1. The molecule has 5 nitrogen and oxygen atoms in total. The van der Waals surface area contributed by atoms with Crippen LogP contribution in [0.2, 0.25) is 0 Å². The third-order valence-electron chi connectivity index (χ3n) is 4.55. The summed E-state index contributed by atoms with van der Waals surface area (Å²) in [4.78, 5) is 17.5. The van der Waals surface area contributed by atoms with Crippen LogP contribution in [-0.2, 0) is 13.0 Å². The Morgan fingerprint density at radius 3 is 2.68 bits per heavy atom. The van der Waals surface area contributed by atoms with Gasteiger partial charge in [0.1, 0.15) is 28.5 Å². The number of aromatic nitrogens is 1. The molecule has 0 amide bonds. The summed E-state index contributed by atoms with van der Waals surface area (Å²) in [6.45, 7) is 4.35. The number of nitrogens with two attached hydrogens (primary N) is 1. The zero-order chi connectivity index (χ0) is 19.7. The predicted molar refractivity (Wildman–Crippen MR) is 113 cm³/mol. The molecule has 0 saturated carbocycles. The van der Waals surface area contributed by atoms with Gasteiger partial charge in [0.2, 0.25) is 11.3 Å². The molecule has 4 aromatic rings. The molecule has 0 unspecified atom stereocenters. The molecule has 0 bridgehead atoms. The van der Waals surface area contributed by atoms with Crippen LogP contribution in [0.3, 0.4) is 0 Å². The van der Waals surface area contributed by atoms with Gasteiger partial charge in [-0.2, -0.15) is 0 Å². The molecular formula is C22H20N2O3S. The summed E-state index contributed by atoms with van der Waals surface area (Å²) in [6, 6.07) is 13.5. The smallest absolute Gasteiger partial charge is 0.205 e. The monoisotopic (exact) mass is 392 g/mol. The molecule has 4 rings (SSSR count). The topological polar surface area (TPSA) is 78.4 Å². The van der Waals surface area contributed by atoms with E-state index in [2.05, 4.69) is 4.98 Å². The first-order valence-electron chi connectivity index (χ1n) is 9.05. The van der Waals surface area contributed by atoms with Crippen molar-refractivity contribution in [1.82, 2.24) is 4.98 Å². The number of hydrogen-bond acceptors (Lipinski definition) is 6. The molecule has 0 aliphatic rings. The van der Waals surface area contributed by atoms with Gasteiger partial charge in [0, 0.05) is 17.1 Å². The fourth-order valence-electron chi connectivity index (χ4n) is 3.10. The van der Waals surface area contributed by atoms with Crippen LogP contribution in [0.15, 0.2) is 57.1 Å². The Balaban J connectivity index is 1.79. The minimum absolute atomic E-state index is 0.0742. The molecule has 2 aromatic carbocycles. The van der Waals surface area contributed by atoms with Gasteiger partial charge in [-0.05, 0) is 30.5 Å². The van der Waals surface area contributed by atoms with E-state index < -0.39 is 0 Å². The SMILES string of the molecule is CCc1cc2c(=O)c(-c3nc(C)cs3)c(N)oc2cc1OCc1ccccc1. The van der Waals surface area contributed by atoms with Crippen molar-refractivity contribution in [3.05, 3.63) is 74.9 Å². The second-order valence-electron chi connectivity index (χ2n) is 6.55. The molecule has 2 N–H and O–H groups in total. The van der Waals surface area contributed by atoms with Gasteiger partial charge in [-0.25, -0.2) is 4.98 Å². The number of nitrogens with zero attached hydrogens (tertiary/aromatic N) is 1. The number of thiazole rings is 1. The molecule has 0 aliphatic heterocycles. The highest BCUT2D eigenvalue weighted by molar-refractivity contribution is 7.13. The van der Waals surface area contributed by atoms with Gasteiger partial charge in [0.05, 0.1) is 5.39 Å². The van der Waals surface area contributed by atoms with Crippen LogP contribution in [0.25, 0.3) is 21.5 Å². The van der Waals surface area contributed by atoms with E-state index in [1.165, 1.54) is 11.3 Å². The van der Waals surface area contributed by atoms with E-state index in [0.717, 1.165) is 23.2 Å². The Kier molecular flexibility index (Phi) is 4.88. The highest BCUT2D eigenvalue weighted by Crippen LogP contribution is 2.32. The number of hydrogen-bond donors (Lipinski definition) is 1. The molecule has 6 heteroatoms. The number of fused-ring (bicyclic) bond motifs is 1. The number of rotatable bonds is 5. The van der Waals surface area contributed by atoms with E-state index in [1.54, 1.807) is 6.07 Å². The summed E-state index contributed by atoms with van der Waals surface area (Å²) < 4.78 is 11.8. The third kappa shape index (κ3) is 3.39. The Hall–Kier alpha value is -3.12. The number of benzene rings is 2. The molecule has 0 saturated heterocycles. The van der Waals surface area contributed by atoms with Gasteiger partial charge in [0.25, 0.3) is 0 Å². The lowest BCUT2D eigenvalue weighted by Gasteiger charge is -2.12. The van der Waals surface area contributed by atoms with Gasteiger partial charge >= 0.3 is 0 Å². The van der Waals surface area contributed by atoms with Crippen LogP contribution in [0.1, 0.15) is 23.7 Å². The van der Waals surface area contributed by atoms with E-state index in [-0.39, 0.29) is 11.3 Å².